The van der Waals surface area contributed by atoms with Gasteiger partial charge in [-0.1, -0.05) is 38.1 Å². The second kappa shape index (κ2) is 4.31. The molecular formula is C11H12F2O. The molecule has 0 saturated heterocycles. The van der Waals surface area contributed by atoms with E-state index in [1.165, 1.54) is 6.07 Å². The van der Waals surface area contributed by atoms with E-state index in [9.17, 15) is 13.6 Å². The highest BCUT2D eigenvalue weighted by molar-refractivity contribution is 5.99. The molecule has 0 saturated carbocycles. The Balaban J connectivity index is 3.13. The highest BCUT2D eigenvalue weighted by Crippen LogP contribution is 2.21. The summed E-state index contributed by atoms with van der Waals surface area (Å²) in [5.41, 5.74) is 0.815. The van der Waals surface area contributed by atoms with E-state index >= 15 is 0 Å². The molecule has 0 aliphatic carbocycles. The van der Waals surface area contributed by atoms with Crippen LogP contribution in [0.4, 0.5) is 8.78 Å². The van der Waals surface area contributed by atoms with Crippen molar-refractivity contribution in [2.24, 2.45) is 0 Å². The van der Waals surface area contributed by atoms with Crippen molar-refractivity contribution in [2.75, 3.05) is 0 Å². The standard InChI is InChI=1S/C11H12F2O/c1-7(2)8-5-3-4-6-9(8)10(14)11(12)13/h3-7,11H,1-2H3. The molecule has 0 heterocycles. The van der Waals surface area contributed by atoms with Crippen LogP contribution in [0.5, 0.6) is 0 Å². The Labute approximate surface area is 81.7 Å². The third-order valence-electron chi connectivity index (χ3n) is 2.05. The van der Waals surface area contributed by atoms with Gasteiger partial charge >= 0.3 is 6.43 Å². The summed E-state index contributed by atoms with van der Waals surface area (Å²) >= 11 is 0. The van der Waals surface area contributed by atoms with Gasteiger partial charge < -0.3 is 0 Å². The third-order valence-corrected chi connectivity index (χ3v) is 2.05. The molecule has 0 aromatic heterocycles. The van der Waals surface area contributed by atoms with Crippen LogP contribution >= 0.6 is 0 Å². The molecular weight excluding hydrogens is 186 g/mol. The molecule has 0 bridgehead atoms. The fourth-order valence-electron chi connectivity index (χ4n) is 1.34. The maximum absolute atomic E-state index is 12.2. The lowest BCUT2D eigenvalue weighted by molar-refractivity contribution is 0.0677. The molecule has 1 rings (SSSR count). The summed E-state index contributed by atoms with van der Waals surface area (Å²) in [5, 5.41) is 0. The Hall–Kier alpha value is -1.25. The average Bonchev–Trinajstić information content (AvgIpc) is 2.16. The number of carbonyl (C=O) groups is 1. The maximum Gasteiger partial charge on any atom is 0.300 e. The van der Waals surface area contributed by atoms with Crippen molar-refractivity contribution in [2.45, 2.75) is 26.2 Å². The first-order chi connectivity index (χ1) is 6.54. The monoisotopic (exact) mass is 198 g/mol. The van der Waals surface area contributed by atoms with E-state index in [2.05, 4.69) is 0 Å². The van der Waals surface area contributed by atoms with Crippen LogP contribution in [0, 0.1) is 0 Å². The molecule has 0 unspecified atom stereocenters. The smallest absolute Gasteiger partial charge is 0.288 e. The highest BCUT2D eigenvalue weighted by Gasteiger charge is 2.21. The minimum atomic E-state index is -2.92. The lowest BCUT2D eigenvalue weighted by Crippen LogP contribution is -2.13. The maximum atomic E-state index is 12.2. The van der Waals surface area contributed by atoms with Crippen LogP contribution in [-0.4, -0.2) is 12.2 Å². The van der Waals surface area contributed by atoms with Gasteiger partial charge in [-0.25, -0.2) is 8.78 Å². The van der Waals surface area contributed by atoms with Crippen molar-refractivity contribution >= 4 is 5.78 Å². The number of rotatable bonds is 3. The van der Waals surface area contributed by atoms with Gasteiger partial charge in [0.05, 0.1) is 0 Å². The van der Waals surface area contributed by atoms with Crippen LogP contribution in [0.1, 0.15) is 35.7 Å². The Kier molecular flexibility index (Phi) is 3.33. The van der Waals surface area contributed by atoms with Gasteiger partial charge in [0.2, 0.25) is 5.78 Å². The van der Waals surface area contributed by atoms with E-state index in [1.54, 1.807) is 18.2 Å². The number of alkyl halides is 2. The quantitative estimate of drug-likeness (QED) is 0.681. The van der Waals surface area contributed by atoms with Gasteiger partial charge in [-0.2, -0.15) is 0 Å². The van der Waals surface area contributed by atoms with E-state index in [1.807, 2.05) is 13.8 Å². The SMILES string of the molecule is CC(C)c1ccccc1C(=O)C(F)F. The van der Waals surface area contributed by atoms with Gasteiger partial charge in [0.25, 0.3) is 0 Å². The predicted octanol–water partition coefficient (Wildman–Crippen LogP) is 3.26. The molecule has 0 fully saturated rings. The molecule has 1 aromatic rings. The molecule has 3 heteroatoms. The van der Waals surface area contributed by atoms with E-state index in [0.717, 1.165) is 0 Å². The molecule has 0 amide bonds. The minimum absolute atomic E-state index is 0.0777. The lowest BCUT2D eigenvalue weighted by Gasteiger charge is -2.10. The number of benzene rings is 1. The highest BCUT2D eigenvalue weighted by atomic mass is 19.3. The zero-order valence-electron chi connectivity index (χ0n) is 8.13. The Morgan fingerprint density at radius 2 is 1.79 bits per heavy atom. The van der Waals surface area contributed by atoms with Crippen molar-refractivity contribution in [1.29, 1.82) is 0 Å². The number of hydrogen-bond donors (Lipinski definition) is 0. The molecule has 14 heavy (non-hydrogen) atoms. The first-order valence-electron chi connectivity index (χ1n) is 4.45. The number of carbonyl (C=O) groups excluding carboxylic acids is 1. The van der Waals surface area contributed by atoms with Crippen LogP contribution in [0.25, 0.3) is 0 Å². The fourth-order valence-corrected chi connectivity index (χ4v) is 1.34. The summed E-state index contributed by atoms with van der Waals surface area (Å²) in [5.74, 6) is -1.01. The van der Waals surface area contributed by atoms with E-state index < -0.39 is 12.2 Å². The first-order valence-corrected chi connectivity index (χ1v) is 4.45. The van der Waals surface area contributed by atoms with Crippen molar-refractivity contribution in [3.8, 4) is 0 Å². The molecule has 0 aliphatic rings. The van der Waals surface area contributed by atoms with Gasteiger partial charge in [-0.05, 0) is 11.5 Å². The second-order valence-electron chi connectivity index (χ2n) is 3.41. The van der Waals surface area contributed by atoms with Gasteiger partial charge in [-0.3, -0.25) is 4.79 Å². The summed E-state index contributed by atoms with van der Waals surface area (Å²) in [6.45, 7) is 3.75. The zero-order chi connectivity index (χ0) is 10.7. The summed E-state index contributed by atoms with van der Waals surface area (Å²) in [6, 6.07) is 6.50. The zero-order valence-corrected chi connectivity index (χ0v) is 8.13. The molecule has 76 valence electrons. The Morgan fingerprint density at radius 3 is 2.29 bits per heavy atom. The molecule has 0 radical (unpaired) electrons. The molecule has 1 aromatic carbocycles. The minimum Gasteiger partial charge on any atom is -0.288 e. The molecule has 0 N–H and O–H groups in total. The molecule has 1 nitrogen and oxygen atoms in total. The average molecular weight is 198 g/mol. The molecule has 0 aliphatic heterocycles. The van der Waals surface area contributed by atoms with Gasteiger partial charge in [0.1, 0.15) is 0 Å². The number of ketones is 1. The third kappa shape index (κ3) is 2.16. The molecule has 0 atom stereocenters. The largest absolute Gasteiger partial charge is 0.300 e. The van der Waals surface area contributed by atoms with Crippen molar-refractivity contribution in [3.05, 3.63) is 35.4 Å². The lowest BCUT2D eigenvalue weighted by atomic mass is 9.95. The van der Waals surface area contributed by atoms with Crippen molar-refractivity contribution in [3.63, 3.8) is 0 Å². The summed E-state index contributed by atoms with van der Waals surface area (Å²) in [6.07, 6.45) is -2.92. The summed E-state index contributed by atoms with van der Waals surface area (Å²) in [4.78, 5) is 11.1. The van der Waals surface area contributed by atoms with Crippen LogP contribution in [0.2, 0.25) is 0 Å². The summed E-state index contributed by atoms with van der Waals surface area (Å²) in [7, 11) is 0. The number of Topliss-reactive ketones (excluding diaryl/α,β-unsaturated/α-hetero) is 1. The molecule has 0 spiro atoms. The Bertz CT molecular complexity index is 332. The second-order valence-corrected chi connectivity index (χ2v) is 3.41. The van der Waals surface area contributed by atoms with Gasteiger partial charge in [-0.15, -0.1) is 0 Å². The van der Waals surface area contributed by atoms with Gasteiger partial charge in [0, 0.05) is 5.56 Å². The summed E-state index contributed by atoms with van der Waals surface area (Å²) < 4.78 is 24.4. The van der Waals surface area contributed by atoms with E-state index in [4.69, 9.17) is 0 Å². The van der Waals surface area contributed by atoms with Crippen LogP contribution in [-0.2, 0) is 0 Å². The van der Waals surface area contributed by atoms with Crippen molar-refractivity contribution < 1.29 is 13.6 Å². The van der Waals surface area contributed by atoms with E-state index in [-0.39, 0.29) is 11.5 Å². The fraction of sp³-hybridized carbons (Fsp3) is 0.364. The van der Waals surface area contributed by atoms with Gasteiger partial charge in [0.15, 0.2) is 0 Å². The van der Waals surface area contributed by atoms with Crippen LogP contribution in [0.15, 0.2) is 24.3 Å². The van der Waals surface area contributed by atoms with Crippen LogP contribution < -0.4 is 0 Å². The van der Waals surface area contributed by atoms with Crippen molar-refractivity contribution in [1.82, 2.24) is 0 Å². The van der Waals surface area contributed by atoms with Crippen LogP contribution in [0.3, 0.4) is 0 Å². The number of hydrogen-bond acceptors (Lipinski definition) is 1. The number of halogens is 2. The van der Waals surface area contributed by atoms with E-state index in [0.29, 0.717) is 5.56 Å². The predicted molar refractivity (Wildman–Crippen MR) is 50.9 cm³/mol. The normalized spacial score (nSPS) is 11.0. The first kappa shape index (κ1) is 10.8. The topological polar surface area (TPSA) is 17.1 Å². The Morgan fingerprint density at radius 1 is 1.21 bits per heavy atom.